The number of rotatable bonds is 8. The number of aliphatic hydroxyl groups is 4. The molecule has 0 radical (unpaired) electrons. The fourth-order valence-corrected chi connectivity index (χ4v) is 9.25. The number of hydrogen-bond donors (Lipinski definition) is 5. The Morgan fingerprint density at radius 2 is 1.62 bits per heavy atom. The van der Waals surface area contributed by atoms with Gasteiger partial charge in [0.25, 0.3) is 0 Å². The second-order valence-corrected chi connectivity index (χ2v) is 15.2. The molecule has 13 heteroatoms. The molecule has 0 unspecified atom stereocenters. The molecule has 2 aromatic carbocycles. The summed E-state index contributed by atoms with van der Waals surface area (Å²) in [7, 11) is 3.78. The van der Waals surface area contributed by atoms with Crippen LogP contribution in [0.15, 0.2) is 71.8 Å². The summed E-state index contributed by atoms with van der Waals surface area (Å²) in [5, 5.41) is 49.8. The third kappa shape index (κ3) is 5.60. The van der Waals surface area contributed by atoms with Crippen molar-refractivity contribution < 1.29 is 63.9 Å². The van der Waals surface area contributed by atoms with Gasteiger partial charge in [0.05, 0.1) is 29.6 Å². The lowest BCUT2D eigenvalue weighted by Gasteiger charge is -2.67. The minimum absolute atomic E-state index is 0.00280. The van der Waals surface area contributed by atoms with Crippen LogP contribution in [-0.4, -0.2) is 98.6 Å². The molecule has 6 rings (SSSR count). The summed E-state index contributed by atoms with van der Waals surface area (Å²) in [5.74, 6) is -5.01. The molecular formula is C39H47NO12. The first-order valence-corrected chi connectivity index (χ1v) is 17.4. The van der Waals surface area contributed by atoms with Crippen molar-refractivity contribution in [2.75, 3.05) is 6.61 Å². The Balaban J connectivity index is 1.53. The predicted octanol–water partition coefficient (Wildman–Crippen LogP) is 1.09. The van der Waals surface area contributed by atoms with Gasteiger partial charge in [-0.2, -0.15) is 7.05 Å². The molecule has 1 aliphatic heterocycles. The minimum atomic E-state index is -2.27. The van der Waals surface area contributed by atoms with Crippen LogP contribution in [0.1, 0.15) is 69.4 Å². The van der Waals surface area contributed by atoms with E-state index in [-0.39, 0.29) is 29.7 Å². The maximum Gasteiger partial charge on any atom is 0.342 e. The maximum atomic E-state index is 14.8. The van der Waals surface area contributed by atoms with Crippen LogP contribution < -0.4 is 5.32 Å². The van der Waals surface area contributed by atoms with Gasteiger partial charge in [0, 0.05) is 30.7 Å². The average molecular weight is 722 g/mol. The Bertz CT molecular complexity index is 1760. The number of esters is 3. The Morgan fingerprint density at radius 1 is 1.00 bits per heavy atom. The van der Waals surface area contributed by atoms with Crippen LogP contribution in [0.3, 0.4) is 0 Å². The first-order valence-electron chi connectivity index (χ1n) is 17.4. The van der Waals surface area contributed by atoms with E-state index in [1.807, 2.05) is 0 Å². The van der Waals surface area contributed by atoms with Gasteiger partial charge in [-0.25, -0.2) is 9.59 Å². The number of fused-ring (bicyclic) bond motifs is 5. The van der Waals surface area contributed by atoms with Gasteiger partial charge in [-0.05, 0) is 37.1 Å². The molecule has 0 aromatic heterocycles. The summed E-state index contributed by atoms with van der Waals surface area (Å²) in [6.45, 7) is 7.05. The van der Waals surface area contributed by atoms with Gasteiger partial charge < -0.3 is 44.7 Å². The molecule has 2 aromatic rings. The molecule has 52 heavy (non-hydrogen) atoms. The molecule has 2 bridgehead atoms. The van der Waals surface area contributed by atoms with E-state index in [1.54, 1.807) is 69.3 Å². The number of benzene rings is 2. The summed E-state index contributed by atoms with van der Waals surface area (Å²) >= 11 is 0. The van der Waals surface area contributed by atoms with Crippen molar-refractivity contribution in [1.29, 1.82) is 0 Å². The molecule has 6 N–H and O–H groups in total. The van der Waals surface area contributed by atoms with Crippen LogP contribution in [-0.2, 0) is 33.3 Å². The molecule has 1 saturated heterocycles. The van der Waals surface area contributed by atoms with E-state index < -0.39 is 101 Å². The van der Waals surface area contributed by atoms with Gasteiger partial charge in [0.15, 0.2) is 11.4 Å². The number of ketones is 1. The van der Waals surface area contributed by atoms with Crippen molar-refractivity contribution in [2.45, 2.75) is 101 Å². The van der Waals surface area contributed by atoms with E-state index in [1.165, 1.54) is 31.3 Å². The van der Waals surface area contributed by atoms with Crippen molar-refractivity contribution in [3.8, 4) is 0 Å². The van der Waals surface area contributed by atoms with Crippen molar-refractivity contribution in [2.24, 2.45) is 16.7 Å². The minimum Gasteiger partial charge on any atom is -0.470 e. The van der Waals surface area contributed by atoms with Crippen molar-refractivity contribution in [1.82, 2.24) is 0 Å². The highest BCUT2D eigenvalue weighted by molar-refractivity contribution is 5.94. The lowest BCUT2D eigenvalue weighted by Crippen LogP contribution is -2.82. The van der Waals surface area contributed by atoms with Crippen LogP contribution in [0.25, 0.3) is 0 Å². The van der Waals surface area contributed by atoms with Crippen LogP contribution in [0, 0.1) is 23.8 Å². The van der Waals surface area contributed by atoms with Gasteiger partial charge in [0.2, 0.25) is 6.10 Å². The molecule has 0 amide bonds. The number of quaternary nitrogens is 1. The third-order valence-corrected chi connectivity index (χ3v) is 12.2. The lowest BCUT2D eigenvalue weighted by atomic mass is 9.44. The summed E-state index contributed by atoms with van der Waals surface area (Å²) in [5.41, 5.74) is -6.51. The fraction of sp³-hybridized carbons (Fsp3) is 0.513. The largest absolute Gasteiger partial charge is 0.470 e. The second-order valence-electron chi connectivity index (χ2n) is 15.2. The SMILES string of the molecule is [CH2-][NH2+][C@@H](c1ccccc1)[C@@H](O)C(=O)O[C@H]1C[C@@]2(O)[C@@H](OC(=O)c3ccccc3)[C@@H]3[C@]4(OC(C)=O)CO[C@@H]4C[C@H](O)[C@@]3(C)C(=O)[C@H](O)C(=C1C)C2(C)C. The first kappa shape index (κ1) is 37.8. The predicted molar refractivity (Wildman–Crippen MR) is 182 cm³/mol. The maximum absolute atomic E-state index is 14.8. The van der Waals surface area contributed by atoms with Gasteiger partial charge >= 0.3 is 17.9 Å². The molecule has 280 valence electrons. The number of aliphatic hydroxyl groups excluding tert-OH is 3. The normalized spacial score (nSPS) is 36.1. The van der Waals surface area contributed by atoms with Crippen molar-refractivity contribution in [3.05, 3.63) is 90.0 Å². The topological polar surface area (TPSA) is 203 Å². The van der Waals surface area contributed by atoms with E-state index >= 15 is 0 Å². The molecule has 4 aliphatic rings. The molecule has 1 heterocycles. The zero-order chi connectivity index (χ0) is 38.0. The van der Waals surface area contributed by atoms with Gasteiger partial charge in [0.1, 0.15) is 36.1 Å². The number of carbonyl (C=O) groups is 4. The Labute approximate surface area is 301 Å². The highest BCUT2D eigenvalue weighted by Gasteiger charge is 2.78. The van der Waals surface area contributed by atoms with E-state index in [2.05, 4.69) is 7.05 Å². The number of nitrogens with two attached hydrogens (primary N) is 1. The molecule has 2 saturated carbocycles. The molecule has 13 nitrogen and oxygen atoms in total. The summed E-state index contributed by atoms with van der Waals surface area (Å²) in [6.07, 6.45) is -9.76. The van der Waals surface area contributed by atoms with Crippen LogP contribution >= 0.6 is 0 Å². The van der Waals surface area contributed by atoms with Crippen LogP contribution in [0.5, 0.6) is 0 Å². The smallest absolute Gasteiger partial charge is 0.342 e. The van der Waals surface area contributed by atoms with Gasteiger partial charge in [-0.15, -0.1) is 0 Å². The molecule has 11 atom stereocenters. The Kier molecular flexibility index (Phi) is 9.77. The lowest BCUT2D eigenvalue weighted by molar-refractivity contribution is -0.647. The van der Waals surface area contributed by atoms with Crippen LogP contribution in [0.4, 0.5) is 0 Å². The number of Topliss-reactive ketones (excluding diaryl/α,β-unsaturated/α-hetero) is 1. The third-order valence-electron chi connectivity index (χ3n) is 12.2. The van der Waals surface area contributed by atoms with E-state index in [0.29, 0.717) is 5.56 Å². The van der Waals surface area contributed by atoms with Crippen molar-refractivity contribution in [3.63, 3.8) is 0 Å². The van der Waals surface area contributed by atoms with Crippen LogP contribution in [0.2, 0.25) is 0 Å². The quantitative estimate of drug-likeness (QED) is 0.113. The average Bonchev–Trinajstić information content (AvgIpc) is 3.10. The summed E-state index contributed by atoms with van der Waals surface area (Å²) in [6, 6.07) is 15.8. The monoisotopic (exact) mass is 721 g/mol. The first-order chi connectivity index (χ1) is 24.5. The molecular weight excluding hydrogens is 674 g/mol. The standard InChI is InChI=1S/C39H47NO12/c1-20-24(50-35(47)30(44)28(40-6)22-13-9-7-10-14-22)18-39(48)33(51-34(46)23-15-11-8-12-16-23)31-37(5,32(45)29(43)27(20)36(39,3)4)25(42)17-26-38(31,19-49-26)52-21(2)41/h7-16,24-26,28-31,33,42-44,48H,6,17-19,40H2,1-5H3/t24-,25-,26+,28-,29+,30+,31-,33-,37+,38-,39+/m0/s1. The Hall–Kier alpha value is -3.98. The fourth-order valence-electron chi connectivity index (χ4n) is 9.25. The van der Waals surface area contributed by atoms with Crippen molar-refractivity contribution >= 4 is 23.7 Å². The number of ether oxygens (including phenoxy) is 4. The molecule has 3 aliphatic carbocycles. The Morgan fingerprint density at radius 3 is 2.17 bits per heavy atom. The zero-order valence-electron chi connectivity index (χ0n) is 29.9. The number of hydrogen-bond acceptors (Lipinski definition) is 12. The second kappa shape index (κ2) is 13.5. The molecule has 0 spiro atoms. The van der Waals surface area contributed by atoms with E-state index in [0.717, 1.165) is 0 Å². The number of carbonyl (C=O) groups excluding carboxylic acids is 4. The zero-order valence-corrected chi connectivity index (χ0v) is 29.9. The van der Waals surface area contributed by atoms with E-state index in [4.69, 9.17) is 18.9 Å². The highest BCUT2D eigenvalue weighted by atomic mass is 16.6. The van der Waals surface area contributed by atoms with Gasteiger partial charge in [-0.1, -0.05) is 62.4 Å². The summed E-state index contributed by atoms with van der Waals surface area (Å²) < 4.78 is 24.0. The highest BCUT2D eigenvalue weighted by Crippen LogP contribution is 2.64. The van der Waals surface area contributed by atoms with E-state index in [9.17, 15) is 39.6 Å². The van der Waals surface area contributed by atoms with Gasteiger partial charge in [-0.3, -0.25) is 9.59 Å². The summed E-state index contributed by atoms with van der Waals surface area (Å²) in [4.78, 5) is 55.3. The molecule has 3 fully saturated rings.